The van der Waals surface area contributed by atoms with E-state index in [-0.39, 0.29) is 40.4 Å². The summed E-state index contributed by atoms with van der Waals surface area (Å²) in [5, 5.41) is 0. The minimum absolute atomic E-state index is 0.0326. The number of carbonyl (C=O) groups excluding carboxylic acids is 2. The fraction of sp³-hybridized carbons (Fsp3) is 0.300. The molecule has 0 saturated carbocycles. The van der Waals surface area contributed by atoms with Crippen LogP contribution in [-0.2, 0) is 13.0 Å². The number of H-pyrrole nitrogens is 1. The quantitative estimate of drug-likeness (QED) is 0.729. The van der Waals surface area contributed by atoms with E-state index in [1.165, 1.54) is 16.7 Å². The lowest BCUT2D eigenvalue weighted by molar-refractivity contribution is 0.0965. The van der Waals surface area contributed by atoms with Crippen LogP contribution >= 0.6 is 0 Å². The van der Waals surface area contributed by atoms with E-state index in [0.29, 0.717) is 17.5 Å². The SMILES string of the molecule is C/C=C/Cn1c2c(c(CCC)cc1=O)C(=O)c1c(C)cc(=O)[nH]c1C2=O. The lowest BCUT2D eigenvalue weighted by atomic mass is 9.84. The molecule has 1 N–H and O–H groups in total. The van der Waals surface area contributed by atoms with Crippen LogP contribution in [0.25, 0.3) is 0 Å². The molecule has 6 nitrogen and oxygen atoms in total. The van der Waals surface area contributed by atoms with Crippen LogP contribution in [0.2, 0.25) is 0 Å². The molecule has 0 spiro atoms. The molecule has 0 fully saturated rings. The molecule has 6 heteroatoms. The van der Waals surface area contributed by atoms with Gasteiger partial charge in [0.05, 0.1) is 11.1 Å². The maximum absolute atomic E-state index is 13.2. The molecule has 0 aliphatic heterocycles. The fourth-order valence-electron chi connectivity index (χ4n) is 3.44. The zero-order valence-electron chi connectivity index (χ0n) is 15.0. The summed E-state index contributed by atoms with van der Waals surface area (Å²) in [7, 11) is 0. The number of nitrogens with one attached hydrogen (secondary N) is 1. The Morgan fingerprint density at radius 2 is 1.81 bits per heavy atom. The van der Waals surface area contributed by atoms with Gasteiger partial charge in [-0.05, 0) is 31.4 Å². The molecular formula is C20H20N2O4. The van der Waals surface area contributed by atoms with Crippen LogP contribution in [0.5, 0.6) is 0 Å². The minimum atomic E-state index is -0.491. The van der Waals surface area contributed by atoms with E-state index in [1.54, 1.807) is 19.1 Å². The highest BCUT2D eigenvalue weighted by molar-refractivity contribution is 6.28. The van der Waals surface area contributed by atoms with Gasteiger partial charge in [0.1, 0.15) is 11.4 Å². The summed E-state index contributed by atoms with van der Waals surface area (Å²) >= 11 is 0. The smallest absolute Gasteiger partial charge is 0.251 e. The molecule has 2 aromatic heterocycles. The van der Waals surface area contributed by atoms with Crippen LogP contribution in [0.15, 0.2) is 33.9 Å². The molecule has 134 valence electrons. The normalized spacial score (nSPS) is 13.2. The van der Waals surface area contributed by atoms with Gasteiger partial charge in [0.25, 0.3) is 5.56 Å². The summed E-state index contributed by atoms with van der Waals surface area (Å²) in [4.78, 5) is 53.2. The first kappa shape index (κ1) is 17.8. The first-order valence-corrected chi connectivity index (χ1v) is 8.61. The Kier molecular flexibility index (Phi) is 4.59. The van der Waals surface area contributed by atoms with Crippen LogP contribution in [0.4, 0.5) is 0 Å². The minimum Gasteiger partial charge on any atom is -0.318 e. The molecular weight excluding hydrogens is 332 g/mol. The van der Waals surface area contributed by atoms with Gasteiger partial charge in [-0.1, -0.05) is 25.5 Å². The number of aryl methyl sites for hydroxylation is 2. The molecule has 0 aromatic carbocycles. The maximum atomic E-state index is 13.2. The lowest BCUT2D eigenvalue weighted by Gasteiger charge is -2.24. The van der Waals surface area contributed by atoms with E-state index in [2.05, 4.69) is 4.98 Å². The van der Waals surface area contributed by atoms with E-state index < -0.39 is 11.3 Å². The highest BCUT2D eigenvalue weighted by Gasteiger charge is 2.36. The Morgan fingerprint density at radius 1 is 1.08 bits per heavy atom. The van der Waals surface area contributed by atoms with Crippen molar-refractivity contribution in [2.45, 2.75) is 40.2 Å². The van der Waals surface area contributed by atoms with Crippen molar-refractivity contribution in [2.24, 2.45) is 0 Å². The zero-order chi connectivity index (χ0) is 19.0. The van der Waals surface area contributed by atoms with Crippen LogP contribution in [0, 0.1) is 6.92 Å². The third-order valence-corrected chi connectivity index (χ3v) is 4.57. The lowest BCUT2D eigenvalue weighted by Crippen LogP contribution is -2.36. The van der Waals surface area contributed by atoms with Crippen LogP contribution in [0.3, 0.4) is 0 Å². The Bertz CT molecular complexity index is 1070. The number of pyridine rings is 2. The summed E-state index contributed by atoms with van der Waals surface area (Å²) in [5.74, 6) is -0.809. The topological polar surface area (TPSA) is 89.0 Å². The second-order valence-corrected chi connectivity index (χ2v) is 6.39. The van der Waals surface area contributed by atoms with Crippen molar-refractivity contribution in [3.05, 3.63) is 78.6 Å². The van der Waals surface area contributed by atoms with Crippen molar-refractivity contribution < 1.29 is 9.59 Å². The van der Waals surface area contributed by atoms with Crippen molar-refractivity contribution >= 4 is 11.6 Å². The predicted molar refractivity (Wildman–Crippen MR) is 98.2 cm³/mol. The van der Waals surface area contributed by atoms with Gasteiger partial charge in [0, 0.05) is 18.7 Å². The van der Waals surface area contributed by atoms with Gasteiger partial charge < -0.3 is 9.55 Å². The van der Waals surface area contributed by atoms with Crippen LogP contribution in [0.1, 0.15) is 63.5 Å². The van der Waals surface area contributed by atoms with Crippen LogP contribution in [-0.4, -0.2) is 21.1 Å². The Hall–Kier alpha value is -3.02. The van der Waals surface area contributed by atoms with E-state index in [0.717, 1.165) is 6.42 Å². The monoisotopic (exact) mass is 352 g/mol. The van der Waals surface area contributed by atoms with Gasteiger partial charge in [-0.15, -0.1) is 0 Å². The number of aromatic nitrogens is 2. The molecule has 0 radical (unpaired) electrons. The zero-order valence-corrected chi connectivity index (χ0v) is 15.0. The highest BCUT2D eigenvalue weighted by Crippen LogP contribution is 2.29. The van der Waals surface area contributed by atoms with E-state index in [4.69, 9.17) is 0 Å². The number of hydrogen-bond donors (Lipinski definition) is 1. The molecule has 1 aliphatic rings. The summed E-state index contributed by atoms with van der Waals surface area (Å²) in [6.07, 6.45) is 4.78. The summed E-state index contributed by atoms with van der Waals surface area (Å²) in [6, 6.07) is 2.76. The molecule has 2 aromatic rings. The molecule has 3 rings (SSSR count). The second kappa shape index (κ2) is 6.71. The highest BCUT2D eigenvalue weighted by atomic mass is 16.2. The van der Waals surface area contributed by atoms with Crippen molar-refractivity contribution in [2.75, 3.05) is 0 Å². The third kappa shape index (κ3) is 2.67. The van der Waals surface area contributed by atoms with Crippen molar-refractivity contribution in [3.8, 4) is 0 Å². The van der Waals surface area contributed by atoms with Crippen molar-refractivity contribution in [3.63, 3.8) is 0 Å². The number of allylic oxidation sites excluding steroid dienone is 2. The Morgan fingerprint density at radius 3 is 2.46 bits per heavy atom. The first-order chi connectivity index (χ1) is 12.4. The third-order valence-electron chi connectivity index (χ3n) is 4.57. The first-order valence-electron chi connectivity index (χ1n) is 8.61. The number of carbonyl (C=O) groups is 2. The summed E-state index contributed by atoms with van der Waals surface area (Å²) < 4.78 is 1.30. The molecule has 0 unspecified atom stereocenters. The van der Waals surface area contributed by atoms with Crippen molar-refractivity contribution in [1.29, 1.82) is 0 Å². The number of fused-ring (bicyclic) bond motifs is 2. The van der Waals surface area contributed by atoms with Gasteiger partial charge in [-0.25, -0.2) is 0 Å². The van der Waals surface area contributed by atoms with Crippen LogP contribution < -0.4 is 11.1 Å². The van der Waals surface area contributed by atoms with Crippen molar-refractivity contribution in [1.82, 2.24) is 9.55 Å². The van der Waals surface area contributed by atoms with Gasteiger partial charge in [0.15, 0.2) is 5.78 Å². The number of ketones is 2. The molecule has 26 heavy (non-hydrogen) atoms. The van der Waals surface area contributed by atoms with Gasteiger partial charge in [-0.3, -0.25) is 19.2 Å². The van der Waals surface area contributed by atoms with Gasteiger partial charge in [0.2, 0.25) is 11.3 Å². The second-order valence-electron chi connectivity index (χ2n) is 6.39. The molecule has 0 amide bonds. The van der Waals surface area contributed by atoms with E-state index in [1.807, 2.05) is 13.8 Å². The number of hydrogen-bond acceptors (Lipinski definition) is 4. The van der Waals surface area contributed by atoms with Gasteiger partial charge in [-0.2, -0.15) is 0 Å². The standard InChI is InChI=1S/C20H20N2O4/c1-4-6-8-22-14(24)10-12(7-5-2)16-18(22)20(26)17-15(19(16)25)11(3)9-13(23)21-17/h4,6,9-10H,5,7-8H2,1-3H3,(H,21,23)/b6-4+. The molecule has 0 saturated heterocycles. The molecule has 0 atom stereocenters. The molecule has 1 aliphatic carbocycles. The average molecular weight is 352 g/mol. The molecule has 2 heterocycles. The Labute approximate surface area is 150 Å². The number of rotatable bonds is 4. The fourth-order valence-corrected chi connectivity index (χ4v) is 3.44. The largest absolute Gasteiger partial charge is 0.318 e. The predicted octanol–water partition coefficient (Wildman–Crippen LogP) is 2.15. The summed E-state index contributed by atoms with van der Waals surface area (Å²) in [5.41, 5.74) is 0.801. The van der Waals surface area contributed by atoms with Gasteiger partial charge >= 0.3 is 0 Å². The number of nitrogens with zero attached hydrogens (tertiary/aromatic N) is 1. The Balaban J connectivity index is 2.41. The van der Waals surface area contributed by atoms with E-state index >= 15 is 0 Å². The summed E-state index contributed by atoms with van der Waals surface area (Å²) in [6.45, 7) is 5.59. The maximum Gasteiger partial charge on any atom is 0.251 e. The average Bonchev–Trinajstić information content (AvgIpc) is 2.58. The molecule has 0 bridgehead atoms. The number of aromatic amines is 1. The van der Waals surface area contributed by atoms with E-state index in [9.17, 15) is 19.2 Å².